The first-order valence-corrected chi connectivity index (χ1v) is 28.8. The van der Waals surface area contributed by atoms with E-state index in [1.54, 1.807) is 12.4 Å². The number of unbranched alkanes of at least 4 members (excludes halogenated alkanes) is 16. The highest BCUT2D eigenvalue weighted by atomic mass is 16.1. The van der Waals surface area contributed by atoms with Crippen LogP contribution in [0, 0.1) is 23.7 Å². The van der Waals surface area contributed by atoms with Crippen LogP contribution in [-0.2, 0) is 4.79 Å². The number of aromatic nitrogens is 4. The maximum absolute atomic E-state index is 15.7. The van der Waals surface area contributed by atoms with Crippen molar-refractivity contribution in [3.05, 3.63) is 216 Å². The Kier molecular flexibility index (Phi) is 20.1. The fraction of sp³-hybridized carbons (Fsp3) is 0.274. The van der Waals surface area contributed by atoms with E-state index in [0.29, 0.717) is 11.1 Å². The molecule has 4 heterocycles. The zero-order valence-corrected chi connectivity index (χ0v) is 45.7. The van der Waals surface area contributed by atoms with Gasteiger partial charge in [0.15, 0.2) is 5.78 Å². The standard InChI is InChI=1S/C73H72N4O/c1-3-5-7-9-11-13-15-17-19-21-27-55-31-35-59(36-32-55)69-70(60-37-33-56(34-38-60)28-22-20-18-16-14-12-10-8-6-4-2)72(62-45-41-58(42-46-62)64-48-50-68(77-54-64)66-30-24-26-52-75-66)73(78)71(69)61-43-39-57(40-44-61)63-47-49-67(76-53-63)65-29-23-25-51-74-65/h23-26,29-54H,3-20H2,1-2H3. The van der Waals surface area contributed by atoms with E-state index < -0.39 is 0 Å². The number of nitrogens with zero attached hydrogens (tertiary/aromatic N) is 4. The van der Waals surface area contributed by atoms with Crippen LogP contribution in [0.1, 0.15) is 163 Å². The van der Waals surface area contributed by atoms with Gasteiger partial charge in [-0.25, -0.2) is 0 Å². The quantitative estimate of drug-likeness (QED) is 0.0446. The molecule has 0 saturated heterocycles. The van der Waals surface area contributed by atoms with Crippen LogP contribution in [0.3, 0.4) is 0 Å². The average Bonchev–Trinajstić information content (AvgIpc) is 4.06. The van der Waals surface area contributed by atoms with Gasteiger partial charge >= 0.3 is 0 Å². The third-order valence-corrected chi connectivity index (χ3v) is 14.7. The van der Waals surface area contributed by atoms with Crippen molar-refractivity contribution in [1.29, 1.82) is 0 Å². The maximum atomic E-state index is 15.7. The Bertz CT molecular complexity index is 3140. The molecule has 0 radical (unpaired) electrons. The minimum Gasteiger partial charge on any atom is -0.289 e. The SMILES string of the molecule is CCCCCCCCCCC#Cc1ccc(C2=C(c3ccc(-c4ccc(-c5ccccn5)nc4)cc3)C(=O)C(c3ccc(-c4ccc(-c5ccccn5)nc4)cc3)=C2c2ccc(C#CCCCCCCCCCC)cc2)cc1. The van der Waals surface area contributed by atoms with E-state index in [2.05, 4.69) is 157 Å². The van der Waals surface area contributed by atoms with E-state index in [-0.39, 0.29) is 5.78 Å². The number of ketones is 1. The summed E-state index contributed by atoms with van der Waals surface area (Å²) < 4.78 is 0. The molecule has 5 heteroatoms. The topological polar surface area (TPSA) is 68.6 Å². The van der Waals surface area contributed by atoms with Crippen LogP contribution < -0.4 is 0 Å². The summed E-state index contributed by atoms with van der Waals surface area (Å²) in [5, 5.41) is 0. The first-order valence-electron chi connectivity index (χ1n) is 28.8. The van der Waals surface area contributed by atoms with E-state index in [1.165, 1.54) is 89.9 Å². The number of carbonyl (C=O) groups is 1. The minimum absolute atomic E-state index is 0.0216. The van der Waals surface area contributed by atoms with Crippen LogP contribution in [0.15, 0.2) is 183 Å². The van der Waals surface area contributed by atoms with Crippen molar-refractivity contribution < 1.29 is 4.79 Å². The highest BCUT2D eigenvalue weighted by Crippen LogP contribution is 2.50. The summed E-state index contributed by atoms with van der Waals surface area (Å²) in [5.41, 5.74) is 15.9. The lowest BCUT2D eigenvalue weighted by atomic mass is 9.88. The monoisotopic (exact) mass is 1020 g/mol. The Morgan fingerprint density at radius 2 is 0.628 bits per heavy atom. The van der Waals surface area contributed by atoms with Crippen LogP contribution in [0.4, 0.5) is 0 Å². The lowest BCUT2D eigenvalue weighted by molar-refractivity contribution is -0.108. The molecule has 0 amide bonds. The fourth-order valence-electron chi connectivity index (χ4n) is 10.3. The summed E-state index contributed by atoms with van der Waals surface area (Å²) in [7, 11) is 0. The number of hydrogen-bond acceptors (Lipinski definition) is 5. The summed E-state index contributed by atoms with van der Waals surface area (Å²) in [5.74, 6) is 13.8. The largest absolute Gasteiger partial charge is 0.289 e. The fourth-order valence-corrected chi connectivity index (χ4v) is 10.3. The second-order valence-electron chi connectivity index (χ2n) is 20.5. The lowest BCUT2D eigenvalue weighted by Crippen LogP contribution is -2.02. The molecule has 390 valence electrons. The second-order valence-corrected chi connectivity index (χ2v) is 20.5. The second kappa shape index (κ2) is 28.8. The van der Waals surface area contributed by atoms with Crippen LogP contribution in [0.25, 0.3) is 67.3 Å². The minimum atomic E-state index is -0.0216. The van der Waals surface area contributed by atoms with Crippen molar-refractivity contribution in [2.45, 2.75) is 129 Å². The van der Waals surface area contributed by atoms with Crippen molar-refractivity contribution in [2.24, 2.45) is 0 Å². The molecule has 0 unspecified atom stereocenters. The Morgan fingerprint density at radius 3 is 0.974 bits per heavy atom. The predicted molar refractivity (Wildman–Crippen MR) is 326 cm³/mol. The van der Waals surface area contributed by atoms with Gasteiger partial charge in [-0.1, -0.05) is 224 Å². The molecular weight excluding hydrogens is 949 g/mol. The molecular formula is C73H72N4O. The molecule has 0 N–H and O–H groups in total. The van der Waals surface area contributed by atoms with Crippen molar-refractivity contribution in [1.82, 2.24) is 19.9 Å². The van der Waals surface area contributed by atoms with Gasteiger partial charge in [-0.3, -0.25) is 24.7 Å². The zero-order valence-electron chi connectivity index (χ0n) is 45.7. The first-order chi connectivity index (χ1) is 38.6. The Morgan fingerprint density at radius 1 is 0.308 bits per heavy atom. The number of pyridine rings is 4. The molecule has 1 aliphatic rings. The molecule has 5 nitrogen and oxygen atoms in total. The van der Waals surface area contributed by atoms with Crippen LogP contribution in [0.2, 0.25) is 0 Å². The van der Waals surface area contributed by atoms with E-state index >= 15 is 4.79 Å². The first kappa shape index (κ1) is 54.5. The number of Topliss-reactive ketones (excluding diaryl/α,β-unsaturated/α-hetero) is 1. The van der Waals surface area contributed by atoms with Gasteiger partial charge in [0, 0.05) is 82.2 Å². The normalized spacial score (nSPS) is 12.1. The van der Waals surface area contributed by atoms with Crippen LogP contribution in [0.5, 0.6) is 0 Å². The predicted octanol–water partition coefficient (Wildman–Crippen LogP) is 18.8. The molecule has 4 aromatic carbocycles. The highest BCUT2D eigenvalue weighted by molar-refractivity contribution is 6.59. The van der Waals surface area contributed by atoms with Crippen LogP contribution in [-0.4, -0.2) is 25.7 Å². The summed E-state index contributed by atoms with van der Waals surface area (Å²) in [4.78, 5) is 34.2. The third kappa shape index (κ3) is 14.6. The van der Waals surface area contributed by atoms with E-state index in [0.717, 1.165) is 115 Å². The summed E-state index contributed by atoms with van der Waals surface area (Å²) in [6.07, 6.45) is 29.7. The molecule has 0 bridgehead atoms. The molecule has 4 aromatic heterocycles. The van der Waals surface area contributed by atoms with E-state index in [4.69, 9.17) is 9.97 Å². The summed E-state index contributed by atoms with van der Waals surface area (Å²) in [6.45, 7) is 4.54. The molecule has 0 atom stereocenters. The van der Waals surface area contributed by atoms with Gasteiger partial charge in [0.05, 0.1) is 22.8 Å². The Balaban J connectivity index is 1.05. The third-order valence-electron chi connectivity index (χ3n) is 14.7. The molecule has 8 aromatic rings. The van der Waals surface area contributed by atoms with Crippen LogP contribution >= 0.6 is 0 Å². The molecule has 9 rings (SSSR count). The summed E-state index contributed by atoms with van der Waals surface area (Å²) >= 11 is 0. The zero-order chi connectivity index (χ0) is 53.6. The number of carbonyl (C=O) groups excluding carboxylic acids is 1. The van der Waals surface area contributed by atoms with Gasteiger partial charge in [-0.2, -0.15) is 0 Å². The van der Waals surface area contributed by atoms with Crippen molar-refractivity contribution in [3.8, 4) is 68.7 Å². The van der Waals surface area contributed by atoms with E-state index in [9.17, 15) is 0 Å². The Labute approximate surface area is 464 Å². The van der Waals surface area contributed by atoms with Gasteiger partial charge in [0.25, 0.3) is 0 Å². The number of allylic oxidation sites excluding steroid dienone is 4. The molecule has 1 aliphatic carbocycles. The average molecular weight is 1020 g/mol. The van der Waals surface area contributed by atoms with Crippen molar-refractivity contribution in [3.63, 3.8) is 0 Å². The van der Waals surface area contributed by atoms with Gasteiger partial charge in [-0.05, 0) is 107 Å². The highest BCUT2D eigenvalue weighted by Gasteiger charge is 2.35. The lowest BCUT2D eigenvalue weighted by Gasteiger charge is -2.14. The molecule has 0 fully saturated rings. The maximum Gasteiger partial charge on any atom is 0.195 e. The molecule has 0 saturated carbocycles. The number of hydrogen-bond donors (Lipinski definition) is 0. The number of rotatable bonds is 24. The van der Waals surface area contributed by atoms with Gasteiger partial charge < -0.3 is 0 Å². The summed E-state index contributed by atoms with van der Waals surface area (Å²) in [6, 6.07) is 53.6. The van der Waals surface area contributed by atoms with Gasteiger partial charge in [0.1, 0.15) is 0 Å². The molecule has 78 heavy (non-hydrogen) atoms. The molecule has 0 spiro atoms. The van der Waals surface area contributed by atoms with E-state index in [1.807, 2.05) is 60.9 Å². The smallest absolute Gasteiger partial charge is 0.195 e. The number of benzene rings is 4. The Hall–Kier alpha value is -8.25. The molecule has 0 aliphatic heterocycles. The van der Waals surface area contributed by atoms with Gasteiger partial charge in [0.2, 0.25) is 0 Å². The van der Waals surface area contributed by atoms with Gasteiger partial charge in [-0.15, -0.1) is 0 Å². The van der Waals surface area contributed by atoms with Crippen molar-refractivity contribution in [2.75, 3.05) is 0 Å². The van der Waals surface area contributed by atoms with Crippen molar-refractivity contribution >= 4 is 28.1 Å².